The molecule has 2 unspecified atom stereocenters. The van der Waals surface area contributed by atoms with Gasteiger partial charge >= 0.3 is 0 Å². The summed E-state index contributed by atoms with van der Waals surface area (Å²) >= 11 is 0. The molecule has 1 aliphatic rings. The number of aryl methyl sites for hydroxylation is 1. The van der Waals surface area contributed by atoms with E-state index in [-0.39, 0.29) is 6.04 Å². The van der Waals surface area contributed by atoms with Crippen LogP contribution in [0.25, 0.3) is 0 Å². The average Bonchev–Trinajstić information content (AvgIpc) is 2.41. The van der Waals surface area contributed by atoms with Gasteiger partial charge in [0.1, 0.15) is 0 Å². The lowest BCUT2D eigenvalue weighted by Crippen LogP contribution is -2.47. The number of likely N-dealkylation sites (tertiary alicyclic amines) is 1. The SMILES string of the molecule is Cc1ccncc1C(CN)N(C)C1CCCN(C)C1. The molecule has 4 heteroatoms. The minimum Gasteiger partial charge on any atom is -0.329 e. The molecule has 1 saturated heterocycles. The van der Waals surface area contributed by atoms with Crippen LogP contribution in [0, 0.1) is 6.92 Å². The smallest absolute Gasteiger partial charge is 0.0488 e. The topological polar surface area (TPSA) is 45.4 Å². The molecule has 1 aromatic rings. The highest BCUT2D eigenvalue weighted by Crippen LogP contribution is 2.25. The van der Waals surface area contributed by atoms with Crippen molar-refractivity contribution in [3.63, 3.8) is 0 Å². The van der Waals surface area contributed by atoms with Gasteiger partial charge in [-0.1, -0.05) is 0 Å². The molecule has 4 nitrogen and oxygen atoms in total. The molecule has 0 bridgehead atoms. The van der Waals surface area contributed by atoms with Crippen LogP contribution in [0.2, 0.25) is 0 Å². The number of hydrogen-bond acceptors (Lipinski definition) is 4. The van der Waals surface area contributed by atoms with E-state index < -0.39 is 0 Å². The third-order valence-corrected chi connectivity index (χ3v) is 4.33. The van der Waals surface area contributed by atoms with Crippen LogP contribution < -0.4 is 5.73 Å². The highest BCUT2D eigenvalue weighted by atomic mass is 15.2. The average molecular weight is 262 g/mol. The van der Waals surface area contributed by atoms with Crippen LogP contribution in [-0.2, 0) is 0 Å². The highest BCUT2D eigenvalue weighted by Gasteiger charge is 2.27. The van der Waals surface area contributed by atoms with Gasteiger partial charge in [0.05, 0.1) is 0 Å². The Balaban J connectivity index is 2.15. The first-order valence-electron chi connectivity index (χ1n) is 7.14. The molecule has 0 amide bonds. The summed E-state index contributed by atoms with van der Waals surface area (Å²) in [5.74, 6) is 0. The van der Waals surface area contributed by atoms with E-state index >= 15 is 0 Å². The van der Waals surface area contributed by atoms with E-state index in [0.717, 1.165) is 6.54 Å². The molecule has 0 spiro atoms. The molecule has 106 valence electrons. The van der Waals surface area contributed by atoms with Gasteiger partial charge in [-0.15, -0.1) is 0 Å². The molecule has 0 aliphatic carbocycles. The van der Waals surface area contributed by atoms with Crippen molar-refractivity contribution in [2.24, 2.45) is 5.73 Å². The fourth-order valence-corrected chi connectivity index (χ4v) is 3.06. The number of likely N-dealkylation sites (N-methyl/N-ethyl adjacent to an activating group) is 2. The third kappa shape index (κ3) is 3.32. The summed E-state index contributed by atoms with van der Waals surface area (Å²) in [7, 11) is 4.40. The number of pyridine rings is 1. The van der Waals surface area contributed by atoms with Gasteiger partial charge in [0.25, 0.3) is 0 Å². The normalized spacial score (nSPS) is 22.7. The predicted molar refractivity (Wildman–Crippen MR) is 79.1 cm³/mol. The molecular weight excluding hydrogens is 236 g/mol. The van der Waals surface area contributed by atoms with Crippen LogP contribution in [0.4, 0.5) is 0 Å². The summed E-state index contributed by atoms with van der Waals surface area (Å²) in [5.41, 5.74) is 8.58. The van der Waals surface area contributed by atoms with Crippen LogP contribution >= 0.6 is 0 Å². The maximum Gasteiger partial charge on any atom is 0.0488 e. The number of rotatable bonds is 4. The van der Waals surface area contributed by atoms with Crippen molar-refractivity contribution in [3.8, 4) is 0 Å². The van der Waals surface area contributed by atoms with E-state index in [0.29, 0.717) is 12.6 Å². The van der Waals surface area contributed by atoms with Crippen LogP contribution in [0.1, 0.15) is 30.0 Å². The standard InChI is InChI=1S/C15H26N4/c1-12-6-7-17-10-14(12)15(9-16)19(3)13-5-4-8-18(2)11-13/h6-7,10,13,15H,4-5,8-9,11,16H2,1-3H3. The Kier molecular flexibility index (Phi) is 4.91. The molecule has 2 N–H and O–H groups in total. The monoisotopic (exact) mass is 262 g/mol. The molecule has 0 aromatic carbocycles. The van der Waals surface area contributed by atoms with E-state index in [1.54, 1.807) is 0 Å². The largest absolute Gasteiger partial charge is 0.329 e. The first-order valence-corrected chi connectivity index (χ1v) is 7.14. The van der Waals surface area contributed by atoms with E-state index in [1.807, 2.05) is 12.4 Å². The number of piperidine rings is 1. The molecule has 2 atom stereocenters. The van der Waals surface area contributed by atoms with Crippen LogP contribution in [0.3, 0.4) is 0 Å². The molecule has 1 aliphatic heterocycles. The van der Waals surface area contributed by atoms with Crippen molar-refractivity contribution in [3.05, 3.63) is 29.6 Å². The summed E-state index contributed by atoms with van der Waals surface area (Å²) in [6.45, 7) is 5.12. The Morgan fingerprint density at radius 3 is 3.00 bits per heavy atom. The summed E-state index contributed by atoms with van der Waals surface area (Å²) in [5, 5.41) is 0. The van der Waals surface area contributed by atoms with E-state index in [4.69, 9.17) is 5.73 Å². The van der Waals surface area contributed by atoms with Crippen LogP contribution in [-0.4, -0.2) is 54.6 Å². The zero-order valence-electron chi connectivity index (χ0n) is 12.3. The predicted octanol–water partition coefficient (Wildman–Crippen LogP) is 1.42. The number of nitrogens with zero attached hydrogens (tertiary/aromatic N) is 3. The van der Waals surface area contributed by atoms with Crippen molar-refractivity contribution in [1.82, 2.24) is 14.8 Å². The zero-order chi connectivity index (χ0) is 13.8. The second-order valence-electron chi connectivity index (χ2n) is 5.71. The fourth-order valence-electron chi connectivity index (χ4n) is 3.06. The van der Waals surface area contributed by atoms with Crippen molar-refractivity contribution >= 4 is 0 Å². The first kappa shape index (κ1) is 14.4. The Hall–Kier alpha value is -0.970. The molecule has 2 heterocycles. The van der Waals surface area contributed by atoms with E-state index in [1.165, 1.54) is 30.5 Å². The number of hydrogen-bond donors (Lipinski definition) is 1. The zero-order valence-corrected chi connectivity index (χ0v) is 12.3. The van der Waals surface area contributed by atoms with Gasteiger partial charge in [-0.05, 0) is 57.6 Å². The van der Waals surface area contributed by atoms with Crippen LogP contribution in [0.15, 0.2) is 18.5 Å². The molecule has 1 fully saturated rings. The van der Waals surface area contributed by atoms with E-state index in [9.17, 15) is 0 Å². The summed E-state index contributed by atoms with van der Waals surface area (Å²) in [6.07, 6.45) is 6.35. The Morgan fingerprint density at radius 2 is 2.37 bits per heavy atom. The van der Waals surface area contributed by atoms with Crippen molar-refractivity contribution < 1.29 is 0 Å². The van der Waals surface area contributed by atoms with E-state index in [2.05, 4.69) is 41.9 Å². The van der Waals surface area contributed by atoms with Crippen LogP contribution in [0.5, 0.6) is 0 Å². The lowest BCUT2D eigenvalue weighted by molar-refractivity contribution is 0.101. The lowest BCUT2D eigenvalue weighted by Gasteiger charge is -2.40. The minimum absolute atomic E-state index is 0.269. The Morgan fingerprint density at radius 1 is 1.58 bits per heavy atom. The van der Waals surface area contributed by atoms with Gasteiger partial charge in [-0.25, -0.2) is 0 Å². The van der Waals surface area contributed by atoms with Crippen molar-refractivity contribution in [2.75, 3.05) is 33.7 Å². The molecule has 1 aromatic heterocycles. The minimum atomic E-state index is 0.269. The number of aromatic nitrogens is 1. The Bertz CT molecular complexity index is 407. The molecular formula is C15H26N4. The van der Waals surface area contributed by atoms with Gasteiger partial charge in [0.15, 0.2) is 0 Å². The second kappa shape index (κ2) is 6.46. The van der Waals surface area contributed by atoms with Crippen molar-refractivity contribution in [1.29, 1.82) is 0 Å². The van der Waals surface area contributed by atoms with Gasteiger partial charge in [0.2, 0.25) is 0 Å². The first-order chi connectivity index (χ1) is 9.13. The van der Waals surface area contributed by atoms with Gasteiger partial charge in [-0.3, -0.25) is 9.88 Å². The summed E-state index contributed by atoms with van der Waals surface area (Å²) in [6, 6.07) is 2.93. The number of nitrogens with two attached hydrogens (primary N) is 1. The molecule has 2 rings (SSSR count). The fraction of sp³-hybridized carbons (Fsp3) is 0.667. The molecule has 0 saturated carbocycles. The summed E-state index contributed by atoms with van der Waals surface area (Å²) < 4.78 is 0. The van der Waals surface area contributed by atoms with Gasteiger partial charge < -0.3 is 10.6 Å². The van der Waals surface area contributed by atoms with Gasteiger partial charge in [0, 0.05) is 37.6 Å². The molecule has 19 heavy (non-hydrogen) atoms. The third-order valence-electron chi connectivity index (χ3n) is 4.33. The highest BCUT2D eigenvalue weighted by molar-refractivity contribution is 5.25. The quantitative estimate of drug-likeness (QED) is 0.891. The maximum absolute atomic E-state index is 6.03. The maximum atomic E-state index is 6.03. The lowest BCUT2D eigenvalue weighted by atomic mass is 9.98. The summed E-state index contributed by atoms with van der Waals surface area (Å²) in [4.78, 5) is 9.12. The second-order valence-corrected chi connectivity index (χ2v) is 5.71. The Labute approximate surface area is 116 Å². The molecule has 0 radical (unpaired) electrons. The van der Waals surface area contributed by atoms with Gasteiger partial charge in [-0.2, -0.15) is 0 Å². The van der Waals surface area contributed by atoms with Crippen molar-refractivity contribution in [2.45, 2.75) is 31.8 Å².